The van der Waals surface area contributed by atoms with Gasteiger partial charge in [-0.05, 0) is 6.92 Å². The van der Waals surface area contributed by atoms with Gasteiger partial charge in [0.25, 0.3) is 0 Å². The molecule has 0 radical (unpaired) electrons. The first kappa shape index (κ1) is 14.0. The van der Waals surface area contributed by atoms with Gasteiger partial charge in [0.1, 0.15) is 0 Å². The van der Waals surface area contributed by atoms with Crippen LogP contribution in [0.15, 0.2) is 0 Å². The fourth-order valence-electron chi connectivity index (χ4n) is 1.12. The van der Waals surface area contributed by atoms with Gasteiger partial charge in [0.2, 0.25) is 0 Å². The van der Waals surface area contributed by atoms with E-state index in [1.165, 1.54) is 0 Å². The minimum absolute atomic E-state index is 0.0177. The van der Waals surface area contributed by atoms with Crippen molar-refractivity contribution in [2.45, 2.75) is 19.0 Å². The number of nitrogens with two attached hydrogens (primary N) is 1. The monoisotopic (exact) mass is 223 g/mol. The Balaban J connectivity index is 3.31. The molecule has 14 heavy (non-hydrogen) atoms. The lowest BCUT2D eigenvalue weighted by Crippen LogP contribution is -2.43. The van der Waals surface area contributed by atoms with Crippen molar-refractivity contribution in [3.63, 3.8) is 0 Å². The van der Waals surface area contributed by atoms with E-state index in [1.807, 2.05) is 0 Å². The minimum Gasteiger partial charge on any atom is -0.390 e. The Kier molecular flexibility index (Phi) is 7.28. The van der Waals surface area contributed by atoms with E-state index in [2.05, 4.69) is 10.6 Å². The maximum absolute atomic E-state index is 8.81. The van der Waals surface area contributed by atoms with E-state index in [9.17, 15) is 0 Å². The smallest absolute Gasteiger partial charge is 0.390 e. The first-order valence-corrected chi connectivity index (χ1v) is 6.82. The van der Waals surface area contributed by atoms with Crippen LogP contribution in [0.25, 0.3) is 0 Å². The zero-order chi connectivity index (χ0) is 11.0. The summed E-state index contributed by atoms with van der Waals surface area (Å²) in [6.07, 6.45) is 0. The summed E-state index contributed by atoms with van der Waals surface area (Å²) in [5.41, 5.74) is 5.28. The van der Waals surface area contributed by atoms with E-state index in [-0.39, 0.29) is 12.1 Å². The molecule has 0 bridgehead atoms. The molecule has 0 aliphatic carbocycles. The molecule has 0 heterocycles. The van der Waals surface area contributed by atoms with Crippen molar-refractivity contribution in [1.82, 2.24) is 10.6 Å². The van der Waals surface area contributed by atoms with Crippen LogP contribution in [0.5, 0.6) is 0 Å². The third-order valence-electron chi connectivity index (χ3n) is 1.70. The quantitative estimate of drug-likeness (QED) is 0.199. The summed E-state index contributed by atoms with van der Waals surface area (Å²) in [6, 6.07) is -0.0782. The van der Waals surface area contributed by atoms with Crippen LogP contribution in [-0.4, -0.2) is 55.4 Å². The Morgan fingerprint density at radius 2 is 1.86 bits per heavy atom. The maximum atomic E-state index is 8.81. The van der Waals surface area contributed by atoms with E-state index in [0.717, 1.165) is 13.1 Å². The summed E-state index contributed by atoms with van der Waals surface area (Å²) in [4.78, 5) is 26.4. The van der Waals surface area contributed by atoms with Crippen LogP contribution >= 0.6 is 0 Å². The second kappa shape index (κ2) is 7.29. The van der Waals surface area contributed by atoms with Crippen molar-refractivity contribution in [2.24, 2.45) is 5.73 Å². The van der Waals surface area contributed by atoms with E-state index in [0.29, 0.717) is 13.1 Å². The van der Waals surface area contributed by atoms with Gasteiger partial charge in [-0.25, -0.2) is 0 Å². The van der Waals surface area contributed by atoms with Crippen LogP contribution in [0.2, 0.25) is 6.04 Å². The number of nitrogens with one attached hydrogen (secondary N) is 2. The third-order valence-corrected chi connectivity index (χ3v) is 2.86. The van der Waals surface area contributed by atoms with E-state index < -0.39 is 8.80 Å². The standard InChI is InChI=1S/C7H21N3O3Si/c1-7(6-14(11,12)13)10-5-4-9-3-2-8/h7,9-13H,2-6,8H2,1H3. The van der Waals surface area contributed by atoms with Crippen LogP contribution in [0, 0.1) is 0 Å². The maximum Gasteiger partial charge on any atom is 0.494 e. The molecule has 0 aromatic rings. The second-order valence-electron chi connectivity index (χ2n) is 3.37. The van der Waals surface area contributed by atoms with Crippen molar-refractivity contribution in [1.29, 1.82) is 0 Å². The van der Waals surface area contributed by atoms with Gasteiger partial charge in [0.05, 0.1) is 0 Å². The van der Waals surface area contributed by atoms with Crippen molar-refractivity contribution in [3.05, 3.63) is 0 Å². The van der Waals surface area contributed by atoms with Gasteiger partial charge in [-0.2, -0.15) is 0 Å². The first-order chi connectivity index (χ1) is 6.45. The summed E-state index contributed by atoms with van der Waals surface area (Å²) in [5.74, 6) is 0. The zero-order valence-corrected chi connectivity index (χ0v) is 9.53. The summed E-state index contributed by atoms with van der Waals surface area (Å²) < 4.78 is 0. The molecule has 7 heteroatoms. The Labute approximate surface area is 85.5 Å². The molecule has 0 spiro atoms. The Morgan fingerprint density at radius 3 is 2.36 bits per heavy atom. The van der Waals surface area contributed by atoms with Gasteiger partial charge >= 0.3 is 8.80 Å². The van der Waals surface area contributed by atoms with Crippen LogP contribution in [0.3, 0.4) is 0 Å². The molecular weight excluding hydrogens is 202 g/mol. The lowest BCUT2D eigenvalue weighted by Gasteiger charge is -2.17. The highest BCUT2D eigenvalue weighted by Crippen LogP contribution is 2.00. The normalized spacial score (nSPS) is 14.4. The average molecular weight is 223 g/mol. The summed E-state index contributed by atoms with van der Waals surface area (Å²) in [7, 11) is -3.90. The molecule has 0 aliphatic rings. The van der Waals surface area contributed by atoms with Gasteiger partial charge in [0.15, 0.2) is 0 Å². The van der Waals surface area contributed by atoms with Crippen LogP contribution in [0.4, 0.5) is 0 Å². The number of hydrogen-bond acceptors (Lipinski definition) is 6. The molecule has 6 nitrogen and oxygen atoms in total. The average Bonchev–Trinajstić information content (AvgIpc) is 2.00. The zero-order valence-electron chi connectivity index (χ0n) is 8.53. The molecule has 0 aliphatic heterocycles. The lowest BCUT2D eigenvalue weighted by molar-refractivity contribution is 0.222. The number of hydrogen-bond donors (Lipinski definition) is 6. The molecule has 86 valence electrons. The molecule has 1 unspecified atom stereocenters. The SMILES string of the molecule is CC(C[Si](O)(O)O)NCCNCCN. The summed E-state index contributed by atoms with van der Waals surface area (Å²) in [6.45, 7) is 4.67. The fraction of sp³-hybridized carbons (Fsp3) is 1.00. The van der Waals surface area contributed by atoms with Crippen LogP contribution in [0.1, 0.15) is 6.92 Å². The lowest BCUT2D eigenvalue weighted by atomic mass is 10.4. The van der Waals surface area contributed by atoms with Crippen LogP contribution in [-0.2, 0) is 0 Å². The van der Waals surface area contributed by atoms with Crippen molar-refractivity contribution >= 4 is 8.80 Å². The molecule has 7 N–H and O–H groups in total. The molecular formula is C7H21N3O3Si. The van der Waals surface area contributed by atoms with Gasteiger partial charge in [-0.15, -0.1) is 0 Å². The predicted octanol–water partition coefficient (Wildman–Crippen LogP) is -2.57. The van der Waals surface area contributed by atoms with E-state index in [4.69, 9.17) is 20.1 Å². The van der Waals surface area contributed by atoms with Crippen molar-refractivity contribution in [3.8, 4) is 0 Å². The highest BCUT2D eigenvalue weighted by molar-refractivity contribution is 6.56. The molecule has 0 rings (SSSR count). The van der Waals surface area contributed by atoms with E-state index >= 15 is 0 Å². The Morgan fingerprint density at radius 1 is 1.21 bits per heavy atom. The fourth-order valence-corrected chi connectivity index (χ4v) is 2.08. The molecule has 0 saturated carbocycles. The highest BCUT2D eigenvalue weighted by atomic mass is 28.4. The second-order valence-corrected chi connectivity index (χ2v) is 5.33. The van der Waals surface area contributed by atoms with Crippen molar-refractivity contribution < 1.29 is 14.4 Å². The predicted molar refractivity (Wildman–Crippen MR) is 56.6 cm³/mol. The number of rotatable bonds is 8. The van der Waals surface area contributed by atoms with Gasteiger partial charge in [-0.3, -0.25) is 0 Å². The highest BCUT2D eigenvalue weighted by Gasteiger charge is 2.29. The topological polar surface area (TPSA) is 111 Å². The van der Waals surface area contributed by atoms with Gasteiger partial charge < -0.3 is 30.8 Å². The minimum atomic E-state index is -3.90. The molecule has 0 aromatic carbocycles. The van der Waals surface area contributed by atoms with Gasteiger partial charge in [-0.1, -0.05) is 0 Å². The summed E-state index contributed by atoms with van der Waals surface area (Å²) >= 11 is 0. The van der Waals surface area contributed by atoms with Crippen LogP contribution < -0.4 is 16.4 Å². The largest absolute Gasteiger partial charge is 0.494 e. The first-order valence-electron chi connectivity index (χ1n) is 4.77. The molecule has 0 saturated heterocycles. The molecule has 0 aromatic heterocycles. The molecule has 0 amide bonds. The van der Waals surface area contributed by atoms with Crippen molar-refractivity contribution in [2.75, 3.05) is 26.2 Å². The third kappa shape index (κ3) is 10.1. The molecule has 1 atom stereocenters. The molecule has 0 fully saturated rings. The van der Waals surface area contributed by atoms with E-state index in [1.54, 1.807) is 6.92 Å². The van der Waals surface area contributed by atoms with Gasteiger partial charge in [0, 0.05) is 38.3 Å². The summed E-state index contributed by atoms with van der Waals surface area (Å²) in [5, 5.41) is 6.14. The Bertz CT molecular complexity index is 143. The Hall–Kier alpha value is -0.0231.